The molecule has 1 aromatic rings. The number of H-pyrrole nitrogens is 1. The number of hydrogen-bond donors (Lipinski definition) is 5. The van der Waals surface area contributed by atoms with Gasteiger partial charge in [-0.1, -0.05) is 0 Å². The van der Waals surface area contributed by atoms with Crippen LogP contribution in [0.1, 0.15) is 10.5 Å². The first-order chi connectivity index (χ1) is 6.14. The number of aliphatic hydroxyl groups is 1. The molecule has 1 atom stereocenters. The number of aromatic amines is 1. The molecule has 0 fully saturated rings. The van der Waals surface area contributed by atoms with Crippen molar-refractivity contribution in [1.82, 2.24) is 15.3 Å². The van der Waals surface area contributed by atoms with Crippen LogP contribution in [-0.4, -0.2) is 33.4 Å². The Morgan fingerprint density at radius 3 is 3.08 bits per heavy atom. The van der Waals surface area contributed by atoms with Gasteiger partial charge in [0.1, 0.15) is 5.82 Å². The maximum atomic E-state index is 11.3. The monoisotopic (exact) mass is 183 g/mol. The minimum Gasteiger partial charge on any atom is -0.390 e. The molecule has 70 valence electrons. The van der Waals surface area contributed by atoms with Crippen molar-refractivity contribution in [3.8, 4) is 0 Å². The van der Waals surface area contributed by atoms with Gasteiger partial charge in [0.15, 0.2) is 11.5 Å². The van der Waals surface area contributed by atoms with Gasteiger partial charge >= 0.3 is 0 Å². The van der Waals surface area contributed by atoms with E-state index in [1.165, 1.54) is 6.33 Å². The van der Waals surface area contributed by atoms with Crippen molar-refractivity contribution in [2.45, 2.75) is 5.79 Å². The molecule has 0 saturated carbocycles. The molecule has 0 saturated heterocycles. The smallest absolute Gasteiger partial charge is 0.276 e. The zero-order valence-corrected chi connectivity index (χ0v) is 6.66. The second kappa shape index (κ2) is 2.44. The molecule has 1 aliphatic rings. The normalized spacial score (nSPS) is 26.2. The number of aromatic nitrogens is 2. The fourth-order valence-electron chi connectivity index (χ4n) is 1.16. The Balaban J connectivity index is 2.39. The van der Waals surface area contributed by atoms with E-state index in [1.54, 1.807) is 0 Å². The van der Waals surface area contributed by atoms with E-state index < -0.39 is 18.3 Å². The minimum absolute atomic E-state index is 0.245. The van der Waals surface area contributed by atoms with Crippen molar-refractivity contribution in [1.29, 1.82) is 0 Å². The average molecular weight is 183 g/mol. The predicted octanol–water partition coefficient (Wildman–Crippen LogP) is -1.83. The molecule has 7 heteroatoms. The number of aliphatic hydroxyl groups excluding tert-OH is 1. The summed E-state index contributed by atoms with van der Waals surface area (Å²) >= 11 is 0. The quantitative estimate of drug-likeness (QED) is 0.351. The molecule has 7 nitrogen and oxygen atoms in total. The Kier molecular flexibility index (Phi) is 1.51. The Labute approximate surface area is 73.3 Å². The van der Waals surface area contributed by atoms with E-state index >= 15 is 0 Å². The lowest BCUT2D eigenvalue weighted by Gasteiger charge is -2.33. The molecule has 1 aromatic heterocycles. The number of imidazole rings is 1. The molecule has 0 aromatic carbocycles. The summed E-state index contributed by atoms with van der Waals surface area (Å²) in [5.41, 5.74) is 5.83. The highest BCUT2D eigenvalue weighted by Crippen LogP contribution is 2.17. The van der Waals surface area contributed by atoms with Crippen LogP contribution in [0.25, 0.3) is 0 Å². The molecule has 13 heavy (non-hydrogen) atoms. The van der Waals surface area contributed by atoms with Gasteiger partial charge in [-0.15, -0.1) is 0 Å². The fraction of sp³-hybridized carbons (Fsp3) is 0.333. The summed E-state index contributed by atoms with van der Waals surface area (Å²) in [7, 11) is 0. The van der Waals surface area contributed by atoms with Crippen LogP contribution in [-0.2, 0) is 0 Å². The number of carbonyl (C=O) groups excluding carboxylic acids is 1. The number of anilines is 1. The summed E-state index contributed by atoms with van der Waals surface area (Å²) in [4.78, 5) is 17.8. The number of rotatable bonds is 1. The van der Waals surface area contributed by atoms with Gasteiger partial charge in [0, 0.05) is 0 Å². The molecular formula is C6H9N5O2. The fourth-order valence-corrected chi connectivity index (χ4v) is 1.16. The summed E-state index contributed by atoms with van der Waals surface area (Å²) < 4.78 is 0. The van der Waals surface area contributed by atoms with Gasteiger partial charge in [-0.2, -0.15) is 0 Å². The van der Waals surface area contributed by atoms with Crippen molar-refractivity contribution >= 4 is 11.7 Å². The van der Waals surface area contributed by atoms with Gasteiger partial charge in [0.25, 0.3) is 5.91 Å². The number of nitrogens with two attached hydrogens (primary N) is 1. The zero-order valence-electron chi connectivity index (χ0n) is 6.66. The van der Waals surface area contributed by atoms with Crippen LogP contribution >= 0.6 is 0 Å². The van der Waals surface area contributed by atoms with Crippen LogP contribution in [0.3, 0.4) is 0 Å². The van der Waals surface area contributed by atoms with Gasteiger partial charge in [-0.05, 0) is 0 Å². The van der Waals surface area contributed by atoms with E-state index in [9.17, 15) is 4.79 Å². The van der Waals surface area contributed by atoms with Crippen LogP contribution in [0.15, 0.2) is 6.33 Å². The van der Waals surface area contributed by atoms with Gasteiger partial charge in [-0.25, -0.2) is 4.98 Å². The number of nitrogens with zero attached hydrogens (tertiary/aromatic N) is 1. The standard InChI is InChI=1S/C6H9N5O2/c7-6(1-12)10-4-3(5(13)11-6)8-2-9-4/h2,10,12H,1,7H2,(H,8,9)(H,11,13). The lowest BCUT2D eigenvalue weighted by Crippen LogP contribution is -2.66. The molecule has 0 bridgehead atoms. The summed E-state index contributed by atoms with van der Waals surface area (Å²) in [5.74, 6) is -1.30. The third-order valence-corrected chi connectivity index (χ3v) is 1.79. The number of fused-ring (bicyclic) bond motifs is 1. The van der Waals surface area contributed by atoms with E-state index in [0.717, 1.165) is 0 Å². The van der Waals surface area contributed by atoms with Crippen molar-refractivity contribution in [2.24, 2.45) is 5.73 Å². The molecule has 1 aliphatic heterocycles. The third kappa shape index (κ3) is 1.14. The van der Waals surface area contributed by atoms with Gasteiger partial charge in [0.2, 0.25) is 0 Å². The summed E-state index contributed by atoms with van der Waals surface area (Å²) in [5, 5.41) is 14.0. The molecule has 0 spiro atoms. The Morgan fingerprint density at radius 2 is 2.38 bits per heavy atom. The molecule has 2 rings (SSSR count). The Bertz CT molecular complexity index is 349. The first kappa shape index (κ1) is 8.02. The average Bonchev–Trinajstić information content (AvgIpc) is 2.52. The second-order valence-electron chi connectivity index (χ2n) is 2.83. The highest BCUT2D eigenvalue weighted by atomic mass is 16.3. The maximum absolute atomic E-state index is 11.3. The number of carbonyl (C=O) groups is 1. The van der Waals surface area contributed by atoms with Crippen molar-refractivity contribution < 1.29 is 9.90 Å². The number of amides is 1. The number of hydrogen-bond acceptors (Lipinski definition) is 5. The summed E-state index contributed by atoms with van der Waals surface area (Å²) in [6.45, 7) is -0.406. The Morgan fingerprint density at radius 1 is 1.62 bits per heavy atom. The van der Waals surface area contributed by atoms with Crippen molar-refractivity contribution in [3.63, 3.8) is 0 Å². The van der Waals surface area contributed by atoms with Crippen molar-refractivity contribution in [3.05, 3.63) is 12.0 Å². The topological polar surface area (TPSA) is 116 Å². The van der Waals surface area contributed by atoms with Gasteiger partial charge in [0.05, 0.1) is 12.9 Å². The highest BCUT2D eigenvalue weighted by molar-refractivity contribution is 5.99. The number of nitrogens with one attached hydrogen (secondary N) is 3. The second-order valence-corrected chi connectivity index (χ2v) is 2.83. The van der Waals surface area contributed by atoms with E-state index in [4.69, 9.17) is 10.8 Å². The highest BCUT2D eigenvalue weighted by Gasteiger charge is 2.34. The van der Waals surface area contributed by atoms with E-state index in [1.807, 2.05) is 0 Å². The Hall–Kier alpha value is -1.60. The molecule has 0 aliphatic carbocycles. The first-order valence-corrected chi connectivity index (χ1v) is 3.68. The summed E-state index contributed by atoms with van der Waals surface area (Å²) in [6, 6.07) is 0. The van der Waals surface area contributed by atoms with Crippen molar-refractivity contribution in [2.75, 3.05) is 11.9 Å². The van der Waals surface area contributed by atoms with Crippen LogP contribution < -0.4 is 16.4 Å². The predicted molar refractivity (Wildman–Crippen MR) is 43.7 cm³/mol. The molecular weight excluding hydrogens is 174 g/mol. The molecule has 1 amide bonds. The van der Waals surface area contributed by atoms with E-state index in [2.05, 4.69) is 20.6 Å². The molecule has 2 heterocycles. The third-order valence-electron chi connectivity index (χ3n) is 1.79. The lowest BCUT2D eigenvalue weighted by atomic mass is 10.2. The molecule has 0 radical (unpaired) electrons. The van der Waals surface area contributed by atoms with Crippen LogP contribution in [0.4, 0.5) is 5.82 Å². The van der Waals surface area contributed by atoms with Gasteiger partial charge < -0.3 is 20.7 Å². The van der Waals surface area contributed by atoms with E-state index in [-0.39, 0.29) is 5.69 Å². The SMILES string of the molecule is NC1(CO)NC(=O)c2nc[nH]c2N1. The minimum atomic E-state index is -1.31. The molecule has 1 unspecified atom stereocenters. The van der Waals surface area contributed by atoms with Gasteiger partial charge in [-0.3, -0.25) is 10.5 Å². The lowest BCUT2D eigenvalue weighted by molar-refractivity contribution is 0.0847. The first-order valence-electron chi connectivity index (χ1n) is 3.68. The molecule has 6 N–H and O–H groups in total. The zero-order chi connectivity index (χ0) is 9.47. The van der Waals surface area contributed by atoms with Crippen LogP contribution in [0, 0.1) is 0 Å². The maximum Gasteiger partial charge on any atom is 0.276 e. The van der Waals surface area contributed by atoms with Crippen LogP contribution in [0.5, 0.6) is 0 Å². The summed E-state index contributed by atoms with van der Waals surface area (Å²) in [6.07, 6.45) is 1.38. The van der Waals surface area contributed by atoms with E-state index in [0.29, 0.717) is 5.82 Å². The van der Waals surface area contributed by atoms with Crippen LogP contribution in [0.2, 0.25) is 0 Å². The largest absolute Gasteiger partial charge is 0.390 e.